The van der Waals surface area contributed by atoms with Crippen molar-refractivity contribution in [3.05, 3.63) is 66.2 Å². The molecule has 0 atom stereocenters. The molecule has 20 heavy (non-hydrogen) atoms. The monoisotopic (exact) mass is 260 g/mol. The van der Waals surface area contributed by atoms with Crippen LogP contribution in [-0.2, 0) is 0 Å². The minimum atomic E-state index is 0.530. The van der Waals surface area contributed by atoms with E-state index < -0.39 is 0 Å². The maximum Gasteiger partial charge on any atom is 0.205 e. The average Bonchev–Trinajstić information content (AvgIpc) is 2.53. The van der Waals surface area contributed by atoms with Gasteiger partial charge in [0, 0.05) is 18.0 Å². The summed E-state index contributed by atoms with van der Waals surface area (Å²) in [4.78, 5) is 8.16. The van der Waals surface area contributed by atoms with Gasteiger partial charge in [0.05, 0.1) is 7.11 Å². The third-order valence-corrected chi connectivity index (χ3v) is 2.93. The molecule has 0 saturated carbocycles. The van der Waals surface area contributed by atoms with E-state index in [4.69, 9.17) is 4.74 Å². The molecular formula is C17H12N2O. The second kappa shape index (κ2) is 5.41. The lowest BCUT2D eigenvalue weighted by atomic mass is 10.1. The number of hydrogen-bond acceptors (Lipinski definition) is 3. The van der Waals surface area contributed by atoms with E-state index in [0.29, 0.717) is 5.82 Å². The molecule has 0 aliphatic heterocycles. The molecule has 3 rings (SSSR count). The molecular weight excluding hydrogens is 248 g/mol. The van der Waals surface area contributed by atoms with Gasteiger partial charge >= 0.3 is 0 Å². The van der Waals surface area contributed by atoms with Gasteiger partial charge in [-0.25, -0.2) is 9.97 Å². The molecule has 0 aliphatic carbocycles. The van der Waals surface area contributed by atoms with E-state index in [1.807, 2.05) is 36.4 Å². The SMILES string of the molecule is COc1ccc2cc(C#Cc3ncccn3)ccc2c1. The van der Waals surface area contributed by atoms with Crippen molar-refractivity contribution in [3.63, 3.8) is 0 Å². The molecule has 1 heterocycles. The third-order valence-electron chi connectivity index (χ3n) is 2.93. The fourth-order valence-electron chi connectivity index (χ4n) is 1.92. The summed E-state index contributed by atoms with van der Waals surface area (Å²) in [5.74, 6) is 7.41. The van der Waals surface area contributed by atoms with Gasteiger partial charge in [-0.1, -0.05) is 18.1 Å². The molecule has 0 fully saturated rings. The highest BCUT2D eigenvalue weighted by Gasteiger charge is 1.97. The van der Waals surface area contributed by atoms with Crippen molar-refractivity contribution in [2.75, 3.05) is 7.11 Å². The highest BCUT2D eigenvalue weighted by molar-refractivity contribution is 5.85. The first-order valence-electron chi connectivity index (χ1n) is 6.22. The largest absolute Gasteiger partial charge is 0.497 e. The first-order valence-corrected chi connectivity index (χ1v) is 6.22. The Balaban J connectivity index is 1.96. The molecule has 1 aromatic heterocycles. The Bertz CT molecular complexity index is 801. The van der Waals surface area contributed by atoms with Gasteiger partial charge in [-0.2, -0.15) is 0 Å². The van der Waals surface area contributed by atoms with Crippen LogP contribution in [-0.4, -0.2) is 17.1 Å². The summed E-state index contributed by atoms with van der Waals surface area (Å²) in [6.07, 6.45) is 3.37. The van der Waals surface area contributed by atoms with E-state index in [0.717, 1.165) is 22.1 Å². The van der Waals surface area contributed by atoms with Gasteiger partial charge in [0.15, 0.2) is 0 Å². The predicted octanol–water partition coefficient (Wildman–Crippen LogP) is 3.04. The van der Waals surface area contributed by atoms with Crippen LogP contribution in [0.25, 0.3) is 10.8 Å². The van der Waals surface area contributed by atoms with E-state index in [2.05, 4.69) is 21.8 Å². The van der Waals surface area contributed by atoms with Crippen molar-refractivity contribution in [1.82, 2.24) is 9.97 Å². The first kappa shape index (κ1) is 12.2. The van der Waals surface area contributed by atoms with Gasteiger partial charge in [0.2, 0.25) is 5.82 Å². The van der Waals surface area contributed by atoms with Crippen molar-refractivity contribution in [2.24, 2.45) is 0 Å². The Labute approximate surface area is 117 Å². The molecule has 0 aliphatic rings. The van der Waals surface area contributed by atoms with Crippen molar-refractivity contribution in [3.8, 4) is 17.6 Å². The van der Waals surface area contributed by atoms with Crippen molar-refractivity contribution in [1.29, 1.82) is 0 Å². The number of hydrogen-bond donors (Lipinski definition) is 0. The van der Waals surface area contributed by atoms with Gasteiger partial charge in [0.25, 0.3) is 0 Å². The van der Waals surface area contributed by atoms with Crippen molar-refractivity contribution in [2.45, 2.75) is 0 Å². The summed E-state index contributed by atoms with van der Waals surface area (Å²) in [6, 6.07) is 13.8. The number of fused-ring (bicyclic) bond motifs is 1. The van der Waals surface area contributed by atoms with Crippen LogP contribution in [0.2, 0.25) is 0 Å². The number of rotatable bonds is 1. The van der Waals surface area contributed by atoms with Crippen molar-refractivity contribution < 1.29 is 4.74 Å². The van der Waals surface area contributed by atoms with Gasteiger partial charge in [-0.3, -0.25) is 0 Å². The minimum absolute atomic E-state index is 0.530. The fraction of sp³-hybridized carbons (Fsp3) is 0.0588. The zero-order valence-electron chi connectivity index (χ0n) is 11.0. The predicted molar refractivity (Wildman–Crippen MR) is 78.5 cm³/mol. The fourth-order valence-corrected chi connectivity index (χ4v) is 1.92. The third kappa shape index (κ3) is 2.60. The average molecular weight is 260 g/mol. The normalized spacial score (nSPS) is 9.85. The second-order valence-corrected chi connectivity index (χ2v) is 4.25. The molecule has 3 aromatic rings. The Morgan fingerprint density at radius 3 is 2.45 bits per heavy atom. The zero-order valence-corrected chi connectivity index (χ0v) is 11.0. The lowest BCUT2D eigenvalue weighted by Crippen LogP contribution is -1.85. The zero-order chi connectivity index (χ0) is 13.8. The van der Waals surface area contributed by atoms with E-state index >= 15 is 0 Å². The lowest BCUT2D eigenvalue weighted by molar-refractivity contribution is 0.415. The van der Waals surface area contributed by atoms with E-state index in [1.165, 1.54) is 0 Å². The van der Waals surface area contributed by atoms with E-state index in [1.54, 1.807) is 25.6 Å². The minimum Gasteiger partial charge on any atom is -0.497 e. The maximum absolute atomic E-state index is 5.21. The molecule has 0 spiro atoms. The number of ether oxygens (including phenoxy) is 1. The standard InChI is InChI=1S/C17H12N2O/c1-20-16-7-6-14-11-13(3-5-15(14)12-16)4-8-17-18-9-2-10-19-17/h2-3,5-7,9-12H,1H3. The number of nitrogens with zero attached hydrogens (tertiary/aromatic N) is 2. The van der Waals surface area contributed by atoms with Crippen LogP contribution < -0.4 is 4.74 Å². The molecule has 0 bridgehead atoms. The molecule has 0 saturated heterocycles. The van der Waals surface area contributed by atoms with Gasteiger partial charge in [-0.05, 0) is 47.0 Å². The summed E-state index contributed by atoms with van der Waals surface area (Å²) in [6.45, 7) is 0. The maximum atomic E-state index is 5.21. The Kier molecular flexibility index (Phi) is 3.30. The number of aromatic nitrogens is 2. The highest BCUT2D eigenvalue weighted by atomic mass is 16.5. The van der Waals surface area contributed by atoms with Crippen LogP contribution >= 0.6 is 0 Å². The Morgan fingerprint density at radius 2 is 1.65 bits per heavy atom. The van der Waals surface area contributed by atoms with Crippen molar-refractivity contribution >= 4 is 10.8 Å². The number of benzene rings is 2. The molecule has 0 N–H and O–H groups in total. The summed E-state index contributed by atoms with van der Waals surface area (Å²) < 4.78 is 5.21. The molecule has 0 radical (unpaired) electrons. The van der Waals surface area contributed by atoms with Crippen LogP contribution in [0.1, 0.15) is 11.4 Å². The lowest BCUT2D eigenvalue weighted by Gasteiger charge is -2.02. The summed E-state index contributed by atoms with van der Waals surface area (Å²) >= 11 is 0. The quantitative estimate of drug-likeness (QED) is 0.631. The van der Waals surface area contributed by atoms with Gasteiger partial charge in [0.1, 0.15) is 5.75 Å². The highest BCUT2D eigenvalue weighted by Crippen LogP contribution is 2.21. The van der Waals surface area contributed by atoms with Crippen LogP contribution in [0.15, 0.2) is 54.9 Å². The molecule has 3 nitrogen and oxygen atoms in total. The first-order chi connectivity index (χ1) is 9.85. The molecule has 3 heteroatoms. The van der Waals surface area contributed by atoms with Crippen LogP contribution in [0.4, 0.5) is 0 Å². The summed E-state index contributed by atoms with van der Waals surface area (Å²) in [5, 5.41) is 2.26. The Morgan fingerprint density at radius 1 is 0.900 bits per heavy atom. The van der Waals surface area contributed by atoms with Crippen LogP contribution in [0.3, 0.4) is 0 Å². The molecule has 2 aromatic carbocycles. The topological polar surface area (TPSA) is 35.0 Å². The van der Waals surface area contributed by atoms with Crippen LogP contribution in [0.5, 0.6) is 5.75 Å². The molecule has 0 amide bonds. The Hall–Kier alpha value is -2.86. The summed E-state index contributed by atoms with van der Waals surface area (Å²) in [7, 11) is 1.67. The molecule has 0 unspecified atom stereocenters. The van der Waals surface area contributed by atoms with E-state index in [-0.39, 0.29) is 0 Å². The second-order valence-electron chi connectivity index (χ2n) is 4.25. The van der Waals surface area contributed by atoms with Crippen LogP contribution in [0, 0.1) is 11.8 Å². The van der Waals surface area contributed by atoms with Gasteiger partial charge < -0.3 is 4.74 Å². The molecule has 96 valence electrons. The number of methoxy groups -OCH3 is 1. The smallest absolute Gasteiger partial charge is 0.205 e. The summed E-state index contributed by atoms with van der Waals surface area (Å²) in [5.41, 5.74) is 0.940. The van der Waals surface area contributed by atoms with Gasteiger partial charge in [-0.15, -0.1) is 0 Å². The van der Waals surface area contributed by atoms with E-state index in [9.17, 15) is 0 Å².